The zero-order chi connectivity index (χ0) is 13.0. The number of rotatable bonds is 4. The highest BCUT2D eigenvalue weighted by molar-refractivity contribution is 5.85. The van der Waals surface area contributed by atoms with Crippen molar-refractivity contribution in [2.45, 2.75) is 33.2 Å². The molecule has 0 amide bonds. The van der Waals surface area contributed by atoms with Crippen LogP contribution in [-0.4, -0.2) is 31.6 Å². The fourth-order valence-electron chi connectivity index (χ4n) is 2.91. The molecule has 1 saturated heterocycles. The van der Waals surface area contributed by atoms with Gasteiger partial charge in [-0.3, -0.25) is 4.90 Å². The van der Waals surface area contributed by atoms with Crippen molar-refractivity contribution in [2.24, 2.45) is 5.92 Å². The van der Waals surface area contributed by atoms with Crippen molar-refractivity contribution in [1.82, 2.24) is 10.2 Å². The van der Waals surface area contributed by atoms with Crippen LogP contribution in [0.5, 0.6) is 0 Å². The Labute approximate surface area is 124 Å². The Morgan fingerprint density at radius 3 is 2.74 bits per heavy atom. The van der Waals surface area contributed by atoms with Crippen molar-refractivity contribution in [2.75, 3.05) is 26.7 Å². The fourth-order valence-corrected chi connectivity index (χ4v) is 2.91. The van der Waals surface area contributed by atoms with Gasteiger partial charge in [-0.25, -0.2) is 0 Å². The SMILES string of the molecule is CNCC1CCCN(Cc2ccc(C)c(C)c2)C1.Cl. The minimum Gasteiger partial charge on any atom is -0.319 e. The first-order valence-electron chi connectivity index (χ1n) is 7.12. The number of halogens is 1. The second-order valence-electron chi connectivity index (χ2n) is 5.72. The first-order valence-corrected chi connectivity index (χ1v) is 7.12. The van der Waals surface area contributed by atoms with Crippen molar-refractivity contribution in [3.05, 3.63) is 34.9 Å². The topological polar surface area (TPSA) is 15.3 Å². The summed E-state index contributed by atoms with van der Waals surface area (Å²) >= 11 is 0. The van der Waals surface area contributed by atoms with Crippen LogP contribution in [0.1, 0.15) is 29.5 Å². The van der Waals surface area contributed by atoms with E-state index in [1.165, 1.54) is 42.6 Å². The molecule has 0 radical (unpaired) electrons. The Morgan fingerprint density at radius 2 is 2.05 bits per heavy atom. The second kappa shape index (κ2) is 7.88. The molecule has 1 unspecified atom stereocenters. The number of likely N-dealkylation sites (tertiary alicyclic amines) is 1. The Hall–Kier alpha value is -0.570. The van der Waals surface area contributed by atoms with Gasteiger partial charge in [-0.05, 0) is 69.4 Å². The fraction of sp³-hybridized carbons (Fsp3) is 0.625. The molecular weight excluding hydrogens is 256 g/mol. The van der Waals surface area contributed by atoms with Gasteiger partial charge in [-0.15, -0.1) is 12.4 Å². The molecule has 3 heteroatoms. The molecule has 1 N–H and O–H groups in total. The highest BCUT2D eigenvalue weighted by Gasteiger charge is 2.19. The average Bonchev–Trinajstić information content (AvgIpc) is 2.35. The predicted octanol–water partition coefficient (Wildman–Crippen LogP) is 3.16. The van der Waals surface area contributed by atoms with E-state index < -0.39 is 0 Å². The Kier molecular flexibility index (Phi) is 6.84. The van der Waals surface area contributed by atoms with Gasteiger partial charge in [0.05, 0.1) is 0 Å². The van der Waals surface area contributed by atoms with Crippen LogP contribution in [0.25, 0.3) is 0 Å². The van der Waals surface area contributed by atoms with E-state index in [4.69, 9.17) is 0 Å². The third-order valence-electron chi connectivity index (χ3n) is 4.07. The lowest BCUT2D eigenvalue weighted by Gasteiger charge is -2.32. The highest BCUT2D eigenvalue weighted by Crippen LogP contribution is 2.19. The molecule has 0 aromatic heterocycles. The lowest BCUT2D eigenvalue weighted by molar-refractivity contribution is 0.167. The quantitative estimate of drug-likeness (QED) is 0.913. The van der Waals surface area contributed by atoms with Gasteiger partial charge < -0.3 is 5.32 Å². The molecule has 1 aromatic carbocycles. The Morgan fingerprint density at radius 1 is 1.26 bits per heavy atom. The summed E-state index contributed by atoms with van der Waals surface area (Å²) < 4.78 is 0. The van der Waals surface area contributed by atoms with Gasteiger partial charge in [0, 0.05) is 13.1 Å². The standard InChI is InChI=1S/C16H26N2.ClH/c1-13-6-7-15(9-14(13)2)11-18-8-4-5-16(12-18)10-17-3;/h6-7,9,16-17H,4-5,8,10-12H2,1-3H3;1H. The summed E-state index contributed by atoms with van der Waals surface area (Å²) in [6, 6.07) is 6.88. The predicted molar refractivity (Wildman–Crippen MR) is 85.1 cm³/mol. The van der Waals surface area contributed by atoms with Crippen LogP contribution in [0, 0.1) is 19.8 Å². The largest absolute Gasteiger partial charge is 0.319 e. The van der Waals surface area contributed by atoms with Crippen LogP contribution in [0.15, 0.2) is 18.2 Å². The zero-order valence-corrected chi connectivity index (χ0v) is 13.2. The molecule has 2 rings (SSSR count). The first-order chi connectivity index (χ1) is 8.69. The number of hydrogen-bond donors (Lipinski definition) is 1. The van der Waals surface area contributed by atoms with Crippen molar-refractivity contribution in [1.29, 1.82) is 0 Å². The summed E-state index contributed by atoms with van der Waals surface area (Å²) in [4.78, 5) is 2.61. The summed E-state index contributed by atoms with van der Waals surface area (Å²) in [5.74, 6) is 0.829. The molecule has 1 aliphatic rings. The van der Waals surface area contributed by atoms with E-state index in [0.717, 1.165) is 19.0 Å². The third-order valence-corrected chi connectivity index (χ3v) is 4.07. The molecule has 1 aliphatic heterocycles. The van der Waals surface area contributed by atoms with Gasteiger partial charge in [0.15, 0.2) is 0 Å². The maximum atomic E-state index is 3.31. The van der Waals surface area contributed by atoms with Crippen LogP contribution < -0.4 is 5.32 Å². The molecule has 1 aromatic rings. The van der Waals surface area contributed by atoms with Crippen molar-refractivity contribution >= 4 is 12.4 Å². The van der Waals surface area contributed by atoms with E-state index in [1.807, 2.05) is 0 Å². The number of piperidine rings is 1. The van der Waals surface area contributed by atoms with Gasteiger partial charge in [-0.2, -0.15) is 0 Å². The minimum absolute atomic E-state index is 0. The average molecular weight is 283 g/mol. The lowest BCUT2D eigenvalue weighted by atomic mass is 9.97. The maximum absolute atomic E-state index is 3.31. The van der Waals surface area contributed by atoms with Crippen molar-refractivity contribution in [3.8, 4) is 0 Å². The number of nitrogens with zero attached hydrogens (tertiary/aromatic N) is 1. The molecule has 1 heterocycles. The summed E-state index contributed by atoms with van der Waals surface area (Å²) in [6.45, 7) is 9.16. The van der Waals surface area contributed by atoms with E-state index in [0.29, 0.717) is 0 Å². The van der Waals surface area contributed by atoms with E-state index >= 15 is 0 Å². The molecule has 19 heavy (non-hydrogen) atoms. The molecule has 1 atom stereocenters. The highest BCUT2D eigenvalue weighted by atomic mass is 35.5. The third kappa shape index (κ3) is 4.79. The number of hydrogen-bond acceptors (Lipinski definition) is 2. The smallest absolute Gasteiger partial charge is 0.0233 e. The van der Waals surface area contributed by atoms with Crippen LogP contribution >= 0.6 is 12.4 Å². The maximum Gasteiger partial charge on any atom is 0.0233 e. The summed E-state index contributed by atoms with van der Waals surface area (Å²) in [5, 5.41) is 3.31. The van der Waals surface area contributed by atoms with E-state index in [1.54, 1.807) is 0 Å². The molecule has 0 spiro atoms. The molecule has 0 bridgehead atoms. The van der Waals surface area contributed by atoms with E-state index in [-0.39, 0.29) is 12.4 Å². The van der Waals surface area contributed by atoms with Crippen LogP contribution in [-0.2, 0) is 6.54 Å². The Balaban J connectivity index is 0.00000180. The molecule has 0 saturated carbocycles. The molecule has 1 fully saturated rings. The molecule has 108 valence electrons. The minimum atomic E-state index is 0. The zero-order valence-electron chi connectivity index (χ0n) is 12.4. The van der Waals surface area contributed by atoms with Gasteiger partial charge in [-0.1, -0.05) is 18.2 Å². The van der Waals surface area contributed by atoms with Gasteiger partial charge in [0.1, 0.15) is 0 Å². The van der Waals surface area contributed by atoms with Gasteiger partial charge in [0.2, 0.25) is 0 Å². The number of nitrogens with one attached hydrogen (secondary N) is 1. The second-order valence-corrected chi connectivity index (χ2v) is 5.72. The van der Waals surface area contributed by atoms with Gasteiger partial charge >= 0.3 is 0 Å². The first kappa shape index (κ1) is 16.5. The normalized spacial score (nSPS) is 20.1. The number of benzene rings is 1. The molecule has 2 nitrogen and oxygen atoms in total. The summed E-state index contributed by atoms with van der Waals surface area (Å²) in [6.07, 6.45) is 2.72. The molecular formula is C16H27ClN2. The van der Waals surface area contributed by atoms with Gasteiger partial charge in [0.25, 0.3) is 0 Å². The van der Waals surface area contributed by atoms with Crippen molar-refractivity contribution < 1.29 is 0 Å². The van der Waals surface area contributed by atoms with Crippen molar-refractivity contribution in [3.63, 3.8) is 0 Å². The monoisotopic (exact) mass is 282 g/mol. The van der Waals surface area contributed by atoms with Crippen LogP contribution in [0.3, 0.4) is 0 Å². The Bertz CT molecular complexity index is 390. The van der Waals surface area contributed by atoms with E-state index in [2.05, 4.69) is 49.3 Å². The van der Waals surface area contributed by atoms with Crippen LogP contribution in [0.4, 0.5) is 0 Å². The summed E-state index contributed by atoms with van der Waals surface area (Å²) in [7, 11) is 2.06. The molecule has 0 aliphatic carbocycles. The van der Waals surface area contributed by atoms with Crippen LogP contribution in [0.2, 0.25) is 0 Å². The lowest BCUT2D eigenvalue weighted by Crippen LogP contribution is -2.38. The number of aryl methyl sites for hydroxylation is 2. The summed E-state index contributed by atoms with van der Waals surface area (Å²) in [5.41, 5.74) is 4.27. The van der Waals surface area contributed by atoms with E-state index in [9.17, 15) is 0 Å².